The van der Waals surface area contributed by atoms with Crippen LogP contribution in [0.25, 0.3) is 0 Å². The summed E-state index contributed by atoms with van der Waals surface area (Å²) in [5, 5.41) is 3.43. The zero-order valence-corrected chi connectivity index (χ0v) is 16.7. The Bertz CT molecular complexity index is 637. The van der Waals surface area contributed by atoms with Gasteiger partial charge in [-0.15, -0.1) is 0 Å². The Labute approximate surface area is 160 Å². The summed E-state index contributed by atoms with van der Waals surface area (Å²) in [4.78, 5) is 27.8. The van der Waals surface area contributed by atoms with Gasteiger partial charge >= 0.3 is 12.1 Å². The lowest BCUT2D eigenvalue weighted by Gasteiger charge is -2.34. The predicted molar refractivity (Wildman–Crippen MR) is 104 cm³/mol. The average Bonchev–Trinajstić information content (AvgIpc) is 2.53. The number of nitrogens with zero attached hydrogens (tertiary/aromatic N) is 2. The standard InChI is InChI=1S/C19H28ClN3O3/c1-19(2,3)26-18(25)23-10-8-14(9-11-23)13-22(4)17(24)21-16-7-5-6-15(20)12-16/h5-7,12,14H,8-11,13H2,1-4H3,(H,21,24). The van der Waals surface area contributed by atoms with Crippen molar-refractivity contribution < 1.29 is 14.3 Å². The molecule has 1 fully saturated rings. The minimum absolute atomic E-state index is 0.165. The first kappa shape index (κ1) is 20.4. The van der Waals surface area contributed by atoms with Crippen molar-refractivity contribution in [1.29, 1.82) is 0 Å². The second-order valence-corrected chi connectivity index (χ2v) is 8.17. The Morgan fingerprint density at radius 1 is 1.31 bits per heavy atom. The fraction of sp³-hybridized carbons (Fsp3) is 0.579. The molecule has 0 saturated carbocycles. The van der Waals surface area contributed by atoms with Crippen LogP contribution in [0.3, 0.4) is 0 Å². The number of piperidine rings is 1. The van der Waals surface area contributed by atoms with Crippen LogP contribution >= 0.6 is 11.6 Å². The molecule has 1 heterocycles. The van der Waals surface area contributed by atoms with Gasteiger partial charge in [0.05, 0.1) is 0 Å². The highest BCUT2D eigenvalue weighted by Crippen LogP contribution is 2.21. The van der Waals surface area contributed by atoms with E-state index in [0.717, 1.165) is 12.8 Å². The van der Waals surface area contributed by atoms with Gasteiger partial charge in [-0.1, -0.05) is 17.7 Å². The van der Waals surface area contributed by atoms with Crippen LogP contribution in [0.2, 0.25) is 5.02 Å². The largest absolute Gasteiger partial charge is 0.444 e. The molecule has 0 atom stereocenters. The van der Waals surface area contributed by atoms with Gasteiger partial charge in [-0.05, 0) is 57.7 Å². The molecule has 1 aromatic carbocycles. The Kier molecular flexibility index (Phi) is 6.75. The molecule has 0 radical (unpaired) electrons. The maximum absolute atomic E-state index is 12.3. The van der Waals surface area contributed by atoms with Crippen LogP contribution in [0.1, 0.15) is 33.6 Å². The van der Waals surface area contributed by atoms with Gasteiger partial charge in [0.1, 0.15) is 5.60 Å². The van der Waals surface area contributed by atoms with Crippen molar-refractivity contribution in [3.05, 3.63) is 29.3 Å². The van der Waals surface area contributed by atoms with Crippen LogP contribution in [0.15, 0.2) is 24.3 Å². The highest BCUT2D eigenvalue weighted by atomic mass is 35.5. The second-order valence-electron chi connectivity index (χ2n) is 7.73. The van der Waals surface area contributed by atoms with Crippen LogP contribution < -0.4 is 5.32 Å². The number of amides is 3. The van der Waals surface area contributed by atoms with Crippen molar-refractivity contribution in [1.82, 2.24) is 9.80 Å². The summed E-state index contributed by atoms with van der Waals surface area (Å²) in [6.07, 6.45) is 1.45. The van der Waals surface area contributed by atoms with Crippen molar-refractivity contribution >= 4 is 29.4 Å². The van der Waals surface area contributed by atoms with Crippen molar-refractivity contribution in [3.8, 4) is 0 Å². The molecule has 144 valence electrons. The third-order valence-electron chi connectivity index (χ3n) is 4.22. The van der Waals surface area contributed by atoms with Crippen molar-refractivity contribution in [2.24, 2.45) is 5.92 Å². The molecule has 0 unspecified atom stereocenters. The molecule has 1 aliphatic rings. The molecule has 0 aliphatic carbocycles. The summed E-state index contributed by atoms with van der Waals surface area (Å²) in [5.74, 6) is 0.365. The quantitative estimate of drug-likeness (QED) is 0.841. The SMILES string of the molecule is CN(CC1CCN(C(=O)OC(C)(C)C)CC1)C(=O)Nc1cccc(Cl)c1. The molecular formula is C19H28ClN3O3. The minimum Gasteiger partial charge on any atom is -0.444 e. The predicted octanol–water partition coefficient (Wildman–Crippen LogP) is 4.45. The highest BCUT2D eigenvalue weighted by molar-refractivity contribution is 6.30. The number of hydrogen-bond acceptors (Lipinski definition) is 3. The van der Waals surface area contributed by atoms with Gasteiger partial charge in [0.2, 0.25) is 0 Å². The van der Waals surface area contributed by atoms with Crippen molar-refractivity contribution in [2.45, 2.75) is 39.2 Å². The molecule has 0 spiro atoms. The van der Waals surface area contributed by atoms with Gasteiger partial charge in [0.15, 0.2) is 0 Å². The smallest absolute Gasteiger partial charge is 0.410 e. The van der Waals surface area contributed by atoms with E-state index in [1.54, 1.807) is 41.1 Å². The molecule has 1 aliphatic heterocycles. The lowest BCUT2D eigenvalue weighted by atomic mass is 9.96. The molecule has 0 aromatic heterocycles. The zero-order chi connectivity index (χ0) is 19.3. The molecular weight excluding hydrogens is 354 g/mol. The molecule has 1 saturated heterocycles. The van der Waals surface area contributed by atoms with E-state index in [4.69, 9.17) is 16.3 Å². The van der Waals surface area contributed by atoms with Gasteiger partial charge < -0.3 is 19.9 Å². The number of benzene rings is 1. The summed E-state index contributed by atoms with van der Waals surface area (Å²) in [7, 11) is 1.78. The van der Waals surface area contributed by atoms with E-state index in [0.29, 0.717) is 36.3 Å². The molecule has 26 heavy (non-hydrogen) atoms. The first-order valence-corrected chi connectivity index (χ1v) is 9.27. The number of halogens is 1. The molecule has 0 bridgehead atoms. The normalized spacial score (nSPS) is 15.5. The van der Waals surface area contributed by atoms with Crippen molar-refractivity contribution in [2.75, 3.05) is 32.0 Å². The van der Waals surface area contributed by atoms with Gasteiger partial charge in [-0.25, -0.2) is 9.59 Å². The number of carbonyl (C=O) groups is 2. The highest BCUT2D eigenvalue weighted by Gasteiger charge is 2.27. The average molecular weight is 382 g/mol. The van der Waals surface area contributed by atoms with E-state index < -0.39 is 5.60 Å². The Balaban J connectivity index is 1.77. The van der Waals surface area contributed by atoms with E-state index >= 15 is 0 Å². The lowest BCUT2D eigenvalue weighted by Crippen LogP contribution is -2.44. The molecule has 1 N–H and O–H groups in total. The Morgan fingerprint density at radius 2 is 1.96 bits per heavy atom. The third kappa shape index (κ3) is 6.41. The van der Waals surface area contributed by atoms with E-state index in [2.05, 4.69) is 5.32 Å². The van der Waals surface area contributed by atoms with Gasteiger partial charge in [0.25, 0.3) is 0 Å². The number of likely N-dealkylation sites (tertiary alicyclic amines) is 1. The summed E-state index contributed by atoms with van der Waals surface area (Å²) >= 11 is 5.94. The Morgan fingerprint density at radius 3 is 2.54 bits per heavy atom. The summed E-state index contributed by atoms with van der Waals surface area (Å²) < 4.78 is 5.41. The molecule has 1 aromatic rings. The number of carbonyl (C=O) groups excluding carboxylic acids is 2. The topological polar surface area (TPSA) is 61.9 Å². The van der Waals surface area contributed by atoms with Crippen LogP contribution in [0.5, 0.6) is 0 Å². The van der Waals surface area contributed by atoms with E-state index in [1.165, 1.54) is 0 Å². The van der Waals surface area contributed by atoms with Gasteiger partial charge in [-0.3, -0.25) is 0 Å². The molecule has 7 heteroatoms. The molecule has 6 nitrogen and oxygen atoms in total. The monoisotopic (exact) mass is 381 g/mol. The molecule has 3 amide bonds. The second kappa shape index (κ2) is 8.62. The number of nitrogens with one attached hydrogen (secondary N) is 1. The summed E-state index contributed by atoms with van der Waals surface area (Å²) in [6.45, 7) is 7.56. The zero-order valence-electron chi connectivity index (χ0n) is 15.9. The summed E-state index contributed by atoms with van der Waals surface area (Å²) in [6, 6.07) is 6.91. The van der Waals surface area contributed by atoms with Crippen molar-refractivity contribution in [3.63, 3.8) is 0 Å². The summed E-state index contributed by atoms with van der Waals surface area (Å²) in [5.41, 5.74) is 0.195. The van der Waals surface area contributed by atoms with Crippen LogP contribution in [0, 0.1) is 5.92 Å². The maximum atomic E-state index is 12.3. The first-order chi connectivity index (χ1) is 12.1. The minimum atomic E-state index is -0.480. The Hall–Kier alpha value is -1.95. The van der Waals surface area contributed by atoms with Crippen LogP contribution in [-0.4, -0.2) is 54.2 Å². The fourth-order valence-corrected chi connectivity index (χ4v) is 3.07. The number of ether oxygens (including phenoxy) is 1. The maximum Gasteiger partial charge on any atom is 0.410 e. The first-order valence-electron chi connectivity index (χ1n) is 8.89. The number of urea groups is 1. The van der Waals surface area contributed by atoms with Gasteiger partial charge in [0, 0.05) is 37.4 Å². The fourth-order valence-electron chi connectivity index (χ4n) is 2.88. The lowest BCUT2D eigenvalue weighted by molar-refractivity contribution is 0.0176. The van der Waals surface area contributed by atoms with Gasteiger partial charge in [-0.2, -0.15) is 0 Å². The van der Waals surface area contributed by atoms with Crippen LogP contribution in [0.4, 0.5) is 15.3 Å². The van der Waals surface area contributed by atoms with Crippen LogP contribution in [-0.2, 0) is 4.74 Å². The van der Waals surface area contributed by atoms with E-state index in [1.807, 2.05) is 20.8 Å². The van der Waals surface area contributed by atoms with E-state index in [9.17, 15) is 9.59 Å². The number of hydrogen-bond donors (Lipinski definition) is 1. The third-order valence-corrected chi connectivity index (χ3v) is 4.46. The molecule has 2 rings (SSSR count). The number of rotatable bonds is 3. The van der Waals surface area contributed by atoms with E-state index in [-0.39, 0.29) is 12.1 Å². The number of anilines is 1.